The molecule has 0 radical (unpaired) electrons. The lowest BCUT2D eigenvalue weighted by Crippen LogP contribution is -2.63. The predicted molar refractivity (Wildman–Crippen MR) is 62.9 cm³/mol. The molecule has 2 heteroatoms. The lowest BCUT2D eigenvalue weighted by Gasteiger charge is -2.45. The molecule has 0 bridgehead atoms. The Morgan fingerprint density at radius 2 is 1.87 bits per heavy atom. The van der Waals surface area contributed by atoms with E-state index < -0.39 is 0 Å². The molecule has 0 amide bonds. The molecule has 86 valence electrons. The van der Waals surface area contributed by atoms with E-state index in [0.29, 0.717) is 5.54 Å². The normalized spacial score (nSPS) is 44.8. The van der Waals surface area contributed by atoms with Gasteiger partial charge in [-0.15, -0.1) is 0 Å². The Kier molecular flexibility index (Phi) is 2.33. The zero-order chi connectivity index (χ0) is 10.5. The lowest BCUT2D eigenvalue weighted by atomic mass is 9.92. The summed E-state index contributed by atoms with van der Waals surface area (Å²) in [4.78, 5) is 2.80. The van der Waals surface area contributed by atoms with Gasteiger partial charge in [0.1, 0.15) is 0 Å². The second-order valence-electron chi connectivity index (χ2n) is 6.17. The smallest absolute Gasteiger partial charge is 0.0309 e. The van der Waals surface area contributed by atoms with Gasteiger partial charge in [0, 0.05) is 30.7 Å². The second-order valence-corrected chi connectivity index (χ2v) is 6.17. The minimum absolute atomic E-state index is 0.509. The highest BCUT2D eigenvalue weighted by atomic mass is 15.3. The summed E-state index contributed by atoms with van der Waals surface area (Å²) in [5.74, 6) is 0.962. The fraction of sp³-hybridized carbons (Fsp3) is 1.00. The van der Waals surface area contributed by atoms with Crippen LogP contribution in [0.2, 0.25) is 0 Å². The highest BCUT2D eigenvalue weighted by Crippen LogP contribution is 2.41. The first kappa shape index (κ1) is 10.1. The summed E-state index contributed by atoms with van der Waals surface area (Å²) >= 11 is 0. The van der Waals surface area contributed by atoms with Gasteiger partial charge in [-0.05, 0) is 32.1 Å². The fourth-order valence-electron chi connectivity index (χ4n) is 3.64. The predicted octanol–water partition coefficient (Wildman–Crippen LogP) is 2.00. The summed E-state index contributed by atoms with van der Waals surface area (Å²) in [7, 11) is 0. The van der Waals surface area contributed by atoms with Crippen molar-refractivity contribution in [1.29, 1.82) is 0 Å². The molecule has 1 N–H and O–H groups in total. The summed E-state index contributed by atoms with van der Waals surface area (Å²) in [6.45, 7) is 7.33. The number of piperazine rings is 1. The van der Waals surface area contributed by atoms with Gasteiger partial charge in [-0.25, -0.2) is 0 Å². The van der Waals surface area contributed by atoms with Crippen LogP contribution in [-0.4, -0.2) is 35.6 Å². The van der Waals surface area contributed by atoms with Gasteiger partial charge in [0.15, 0.2) is 0 Å². The van der Waals surface area contributed by atoms with Crippen molar-refractivity contribution < 1.29 is 0 Å². The number of rotatable bonds is 1. The Morgan fingerprint density at radius 1 is 1.20 bits per heavy atom. The molecule has 3 atom stereocenters. The van der Waals surface area contributed by atoms with E-state index in [-0.39, 0.29) is 0 Å². The molecular weight excluding hydrogens is 184 g/mol. The van der Waals surface area contributed by atoms with Crippen molar-refractivity contribution in [3.05, 3.63) is 0 Å². The standard InChI is InChI=1S/C13H24N2/c1-10-7-12(10)15-9-13(5-3-4-6-13)14-8-11(15)2/h10-12,14H,3-9H2,1-2H3. The molecule has 15 heavy (non-hydrogen) atoms. The Bertz CT molecular complexity index is 243. The number of hydrogen-bond donors (Lipinski definition) is 1. The Hall–Kier alpha value is -0.0800. The second kappa shape index (κ2) is 3.46. The minimum Gasteiger partial charge on any atom is -0.308 e. The number of nitrogens with zero attached hydrogens (tertiary/aromatic N) is 1. The molecule has 3 fully saturated rings. The molecule has 1 aliphatic heterocycles. The van der Waals surface area contributed by atoms with Gasteiger partial charge in [-0.3, -0.25) is 4.90 Å². The van der Waals surface area contributed by atoms with Gasteiger partial charge >= 0.3 is 0 Å². The Balaban J connectivity index is 1.71. The van der Waals surface area contributed by atoms with E-state index in [1.165, 1.54) is 45.2 Å². The van der Waals surface area contributed by atoms with Crippen LogP contribution in [0, 0.1) is 5.92 Å². The SMILES string of the molecule is CC1CC1N1CC2(CCCC2)NCC1C. The van der Waals surface area contributed by atoms with Gasteiger partial charge in [0.2, 0.25) is 0 Å². The van der Waals surface area contributed by atoms with E-state index >= 15 is 0 Å². The largest absolute Gasteiger partial charge is 0.308 e. The highest BCUT2D eigenvalue weighted by molar-refractivity contribution is 5.05. The van der Waals surface area contributed by atoms with Gasteiger partial charge < -0.3 is 5.32 Å². The van der Waals surface area contributed by atoms with Crippen LogP contribution >= 0.6 is 0 Å². The van der Waals surface area contributed by atoms with E-state index in [1.54, 1.807) is 0 Å². The summed E-state index contributed by atoms with van der Waals surface area (Å²) in [6, 6.07) is 1.67. The van der Waals surface area contributed by atoms with Crippen molar-refractivity contribution in [2.45, 2.75) is 63.6 Å². The van der Waals surface area contributed by atoms with E-state index in [2.05, 4.69) is 24.1 Å². The summed E-state index contributed by atoms with van der Waals surface area (Å²) in [5.41, 5.74) is 0.509. The quantitative estimate of drug-likeness (QED) is 0.709. The topological polar surface area (TPSA) is 15.3 Å². The van der Waals surface area contributed by atoms with Crippen LogP contribution in [0.15, 0.2) is 0 Å². The first-order valence-corrected chi connectivity index (χ1v) is 6.71. The molecule has 0 aromatic rings. The number of hydrogen-bond acceptors (Lipinski definition) is 2. The zero-order valence-corrected chi connectivity index (χ0v) is 10.1. The van der Waals surface area contributed by atoms with E-state index in [9.17, 15) is 0 Å². The number of nitrogens with one attached hydrogen (secondary N) is 1. The Morgan fingerprint density at radius 3 is 2.47 bits per heavy atom. The van der Waals surface area contributed by atoms with Gasteiger partial charge in [0.25, 0.3) is 0 Å². The van der Waals surface area contributed by atoms with Crippen molar-refractivity contribution in [3.8, 4) is 0 Å². The molecule has 3 aliphatic rings. The van der Waals surface area contributed by atoms with Crippen LogP contribution in [-0.2, 0) is 0 Å². The third-order valence-corrected chi connectivity index (χ3v) is 4.88. The maximum atomic E-state index is 3.83. The summed E-state index contributed by atoms with van der Waals surface area (Å²) < 4.78 is 0. The molecule has 2 saturated carbocycles. The first-order valence-electron chi connectivity index (χ1n) is 6.71. The molecule has 1 saturated heterocycles. The molecule has 1 heterocycles. The lowest BCUT2D eigenvalue weighted by molar-refractivity contribution is 0.0783. The average Bonchev–Trinajstić information content (AvgIpc) is 2.77. The van der Waals surface area contributed by atoms with Gasteiger partial charge in [-0.2, -0.15) is 0 Å². The molecule has 3 unspecified atom stereocenters. The average molecular weight is 208 g/mol. The van der Waals surface area contributed by atoms with Crippen molar-refractivity contribution >= 4 is 0 Å². The first-order chi connectivity index (χ1) is 7.20. The maximum absolute atomic E-state index is 3.83. The van der Waals surface area contributed by atoms with Crippen LogP contribution in [0.4, 0.5) is 0 Å². The van der Waals surface area contributed by atoms with Gasteiger partial charge in [0.05, 0.1) is 0 Å². The van der Waals surface area contributed by atoms with E-state index in [0.717, 1.165) is 18.0 Å². The Labute approximate surface area is 93.4 Å². The molecule has 0 aromatic heterocycles. The van der Waals surface area contributed by atoms with Crippen molar-refractivity contribution in [2.75, 3.05) is 13.1 Å². The van der Waals surface area contributed by atoms with Crippen molar-refractivity contribution in [3.63, 3.8) is 0 Å². The van der Waals surface area contributed by atoms with Crippen LogP contribution in [0.25, 0.3) is 0 Å². The zero-order valence-electron chi connectivity index (χ0n) is 10.1. The van der Waals surface area contributed by atoms with Crippen LogP contribution in [0.1, 0.15) is 46.0 Å². The molecule has 0 aromatic carbocycles. The van der Waals surface area contributed by atoms with E-state index in [4.69, 9.17) is 0 Å². The van der Waals surface area contributed by atoms with Crippen LogP contribution in [0.3, 0.4) is 0 Å². The van der Waals surface area contributed by atoms with Crippen LogP contribution in [0.5, 0.6) is 0 Å². The summed E-state index contributed by atoms with van der Waals surface area (Å²) in [6.07, 6.45) is 7.15. The third-order valence-electron chi connectivity index (χ3n) is 4.88. The monoisotopic (exact) mass is 208 g/mol. The third kappa shape index (κ3) is 1.72. The fourth-order valence-corrected chi connectivity index (χ4v) is 3.64. The minimum atomic E-state index is 0.509. The molecule has 2 aliphatic carbocycles. The van der Waals surface area contributed by atoms with Crippen LogP contribution < -0.4 is 5.32 Å². The molecule has 2 nitrogen and oxygen atoms in total. The molecule has 3 rings (SSSR count). The molecule has 1 spiro atoms. The maximum Gasteiger partial charge on any atom is 0.0309 e. The van der Waals surface area contributed by atoms with Crippen molar-refractivity contribution in [2.24, 2.45) is 5.92 Å². The van der Waals surface area contributed by atoms with Crippen molar-refractivity contribution in [1.82, 2.24) is 10.2 Å². The summed E-state index contributed by atoms with van der Waals surface area (Å²) in [5, 5.41) is 3.83. The highest BCUT2D eigenvalue weighted by Gasteiger charge is 2.47. The van der Waals surface area contributed by atoms with E-state index in [1.807, 2.05) is 0 Å². The molecular formula is C13H24N2. The van der Waals surface area contributed by atoms with Gasteiger partial charge in [-0.1, -0.05) is 19.8 Å².